The minimum Gasteiger partial charge on any atom is -0.497 e. The fourth-order valence-corrected chi connectivity index (χ4v) is 8.54. The van der Waals surface area contributed by atoms with E-state index in [4.69, 9.17) is 26.7 Å². The number of para-hydroxylation sites is 1. The molecular formula is C33H35N11O7S2. The van der Waals surface area contributed by atoms with Gasteiger partial charge in [0.25, 0.3) is 0 Å². The number of nitrogens with one attached hydrogen (secondary N) is 3. The summed E-state index contributed by atoms with van der Waals surface area (Å²) in [7, 11) is -6.44. The number of nitrogens with zero attached hydrogens (tertiary/aromatic N) is 5. The predicted molar refractivity (Wildman–Crippen MR) is 194 cm³/mol. The number of ether oxygens (including phenoxy) is 2. The number of hydrogen-bond acceptors (Lipinski definition) is 13. The lowest BCUT2D eigenvalue weighted by atomic mass is 9.98. The van der Waals surface area contributed by atoms with Crippen molar-refractivity contribution >= 4 is 42.9 Å². The zero-order valence-electron chi connectivity index (χ0n) is 28.3. The number of tetrazole rings is 1. The number of anilines is 1. The van der Waals surface area contributed by atoms with Crippen molar-refractivity contribution < 1.29 is 31.1 Å². The van der Waals surface area contributed by atoms with Crippen LogP contribution in [0.25, 0.3) is 33.5 Å². The Hall–Kier alpha value is -5.93. The third-order valence-electron chi connectivity index (χ3n) is 8.14. The molecule has 20 heteroatoms. The quantitative estimate of drug-likeness (QED) is 0.0856. The van der Waals surface area contributed by atoms with Crippen LogP contribution in [0.5, 0.6) is 11.5 Å². The second-order valence-electron chi connectivity index (χ2n) is 11.7. The van der Waals surface area contributed by atoms with E-state index in [1.807, 2.05) is 0 Å². The number of aromatic amines is 1. The lowest BCUT2D eigenvalue weighted by molar-refractivity contribution is -0.119. The number of imidazole rings is 1. The van der Waals surface area contributed by atoms with Crippen LogP contribution in [0.15, 0.2) is 88.7 Å². The second kappa shape index (κ2) is 15.0. The molecule has 1 amide bonds. The number of primary amides is 1. The molecule has 0 fully saturated rings. The lowest BCUT2D eigenvalue weighted by Gasteiger charge is -2.19. The highest BCUT2D eigenvalue weighted by Gasteiger charge is 2.35. The van der Waals surface area contributed by atoms with Gasteiger partial charge in [0.1, 0.15) is 21.3 Å². The first kappa shape index (κ1) is 36.8. The number of nitrogen functional groups attached to an aromatic ring is 1. The van der Waals surface area contributed by atoms with Crippen LogP contribution in [0.3, 0.4) is 0 Å². The molecule has 53 heavy (non-hydrogen) atoms. The number of benzene rings is 4. The SMILES string of the molecule is COc1ccc(CNS(=O)(=O)c2c(S(=O)(=O)NC[C@H](N)C(N)=O)ccc(-c3cccc4[nH]c(N)nc34)c2-c2nnn(Cc3ccc(OC)cc3)n2)cc1. The number of methoxy groups -OCH3 is 2. The van der Waals surface area contributed by atoms with E-state index in [-0.39, 0.29) is 36.0 Å². The maximum atomic E-state index is 14.6. The summed E-state index contributed by atoms with van der Waals surface area (Å²) < 4.78 is 72.3. The molecule has 0 unspecified atom stereocenters. The van der Waals surface area contributed by atoms with Crippen LogP contribution in [-0.4, -0.2) is 79.7 Å². The molecule has 0 radical (unpaired) electrons. The van der Waals surface area contributed by atoms with Gasteiger partial charge in [-0.3, -0.25) is 4.79 Å². The van der Waals surface area contributed by atoms with E-state index in [2.05, 4.69) is 34.8 Å². The minimum absolute atomic E-state index is 0.0979. The Morgan fingerprint density at radius 3 is 2.17 bits per heavy atom. The smallest absolute Gasteiger partial charge is 0.242 e. The molecule has 0 saturated heterocycles. The Morgan fingerprint density at radius 1 is 0.868 bits per heavy atom. The number of carbonyl (C=O) groups is 1. The molecule has 4 aromatic carbocycles. The van der Waals surface area contributed by atoms with E-state index in [9.17, 15) is 21.6 Å². The number of nitrogens with two attached hydrogens (primary N) is 3. The number of amides is 1. The Labute approximate surface area is 303 Å². The summed E-state index contributed by atoms with van der Waals surface area (Å²) in [5, 5.41) is 12.9. The zero-order valence-corrected chi connectivity index (χ0v) is 30.0. The molecule has 9 N–H and O–H groups in total. The van der Waals surface area contributed by atoms with Crippen LogP contribution >= 0.6 is 0 Å². The molecule has 0 aliphatic heterocycles. The maximum Gasteiger partial charge on any atom is 0.242 e. The normalized spacial score (nSPS) is 12.5. The molecule has 2 heterocycles. The van der Waals surface area contributed by atoms with Gasteiger partial charge < -0.3 is 31.7 Å². The van der Waals surface area contributed by atoms with Crippen LogP contribution in [0.1, 0.15) is 11.1 Å². The van der Waals surface area contributed by atoms with Gasteiger partial charge in [-0.2, -0.15) is 4.80 Å². The van der Waals surface area contributed by atoms with Crippen molar-refractivity contribution in [3.05, 3.63) is 90.0 Å². The van der Waals surface area contributed by atoms with Crippen LogP contribution < -0.4 is 36.1 Å². The van der Waals surface area contributed by atoms with Crippen molar-refractivity contribution in [3.63, 3.8) is 0 Å². The first-order valence-corrected chi connectivity index (χ1v) is 18.8. The van der Waals surface area contributed by atoms with Gasteiger partial charge in [-0.05, 0) is 58.3 Å². The summed E-state index contributed by atoms with van der Waals surface area (Å²) in [5.41, 5.74) is 19.6. The van der Waals surface area contributed by atoms with Crippen molar-refractivity contribution in [2.24, 2.45) is 11.5 Å². The first-order chi connectivity index (χ1) is 25.3. The molecule has 0 aliphatic rings. The highest BCUT2D eigenvalue weighted by Crippen LogP contribution is 2.41. The fraction of sp³-hybridized carbons (Fsp3) is 0.182. The number of sulfonamides is 2. The van der Waals surface area contributed by atoms with Crippen LogP contribution in [0, 0.1) is 0 Å². The van der Waals surface area contributed by atoms with Crippen molar-refractivity contribution in [1.29, 1.82) is 0 Å². The van der Waals surface area contributed by atoms with Crippen molar-refractivity contribution in [3.8, 4) is 34.0 Å². The summed E-state index contributed by atoms with van der Waals surface area (Å²) in [6.45, 7) is -0.728. The minimum atomic E-state index is -4.76. The van der Waals surface area contributed by atoms with E-state index < -0.39 is 48.3 Å². The Balaban J connectivity index is 1.57. The van der Waals surface area contributed by atoms with Crippen molar-refractivity contribution in [1.82, 2.24) is 39.6 Å². The van der Waals surface area contributed by atoms with Gasteiger partial charge in [-0.15, -0.1) is 10.2 Å². The third-order valence-corrected chi connectivity index (χ3v) is 11.2. The molecular weight excluding hydrogens is 727 g/mol. The summed E-state index contributed by atoms with van der Waals surface area (Å²) in [6.07, 6.45) is 0. The molecule has 0 saturated carbocycles. The van der Waals surface area contributed by atoms with Crippen LogP contribution in [-0.2, 0) is 37.9 Å². The summed E-state index contributed by atoms with van der Waals surface area (Å²) in [6, 6.07) is 19.9. The molecule has 276 valence electrons. The molecule has 0 bridgehead atoms. The number of fused-ring (bicyclic) bond motifs is 1. The van der Waals surface area contributed by atoms with Crippen LogP contribution in [0.4, 0.5) is 5.95 Å². The molecule has 6 aromatic rings. The summed E-state index contributed by atoms with van der Waals surface area (Å²) >= 11 is 0. The largest absolute Gasteiger partial charge is 0.497 e. The van der Waals surface area contributed by atoms with Crippen molar-refractivity contribution in [2.75, 3.05) is 26.5 Å². The predicted octanol–water partition coefficient (Wildman–Crippen LogP) is 1.10. The van der Waals surface area contributed by atoms with Gasteiger partial charge in [0, 0.05) is 18.7 Å². The number of hydrogen-bond donors (Lipinski definition) is 6. The molecule has 0 aliphatic carbocycles. The standard InChI is InChI=1S/C33H35N11O7S2/c1-50-21-10-6-19(7-11-21)16-37-53(48,49)30-27(52(46,47)38-17-25(34)31(35)45)15-14-23(24-4-3-5-26-29(24)40-33(36)39-26)28(30)32-41-43-44(42-32)18-20-8-12-22(51-2)13-9-20/h3-15,25,37-38H,16-18,34H2,1-2H3,(H2,35,45)(H3,36,39,40)/t25-/m0/s1. The number of rotatable bonds is 15. The topological polar surface area (TPSA) is 278 Å². The van der Waals surface area contributed by atoms with E-state index in [0.29, 0.717) is 33.7 Å². The first-order valence-electron chi connectivity index (χ1n) is 15.8. The van der Waals surface area contributed by atoms with Gasteiger partial charge in [0.15, 0.2) is 5.95 Å². The van der Waals surface area contributed by atoms with Gasteiger partial charge in [-0.25, -0.2) is 31.3 Å². The Morgan fingerprint density at radius 2 is 1.53 bits per heavy atom. The average Bonchev–Trinajstić information content (AvgIpc) is 3.78. The fourth-order valence-electron chi connectivity index (χ4n) is 5.43. The molecule has 0 spiro atoms. The van der Waals surface area contributed by atoms with E-state index >= 15 is 0 Å². The van der Waals surface area contributed by atoms with Gasteiger partial charge in [-0.1, -0.05) is 42.5 Å². The monoisotopic (exact) mass is 761 g/mol. The number of carbonyl (C=O) groups excluding carboxylic acids is 1. The molecule has 18 nitrogen and oxygen atoms in total. The maximum absolute atomic E-state index is 14.6. The molecule has 1 atom stereocenters. The zero-order chi connectivity index (χ0) is 37.9. The van der Waals surface area contributed by atoms with Crippen molar-refractivity contribution in [2.45, 2.75) is 28.9 Å². The Kier molecular flexibility index (Phi) is 10.4. The highest BCUT2D eigenvalue weighted by molar-refractivity contribution is 7.92. The third kappa shape index (κ3) is 7.95. The summed E-state index contributed by atoms with van der Waals surface area (Å²) in [4.78, 5) is 18.9. The van der Waals surface area contributed by atoms with Gasteiger partial charge >= 0.3 is 0 Å². The highest BCUT2D eigenvalue weighted by atomic mass is 32.2. The van der Waals surface area contributed by atoms with E-state index in [0.717, 1.165) is 11.6 Å². The second-order valence-corrected chi connectivity index (χ2v) is 15.1. The Bertz CT molecular complexity index is 2500. The van der Waals surface area contributed by atoms with Gasteiger partial charge in [0.05, 0.1) is 43.4 Å². The average molecular weight is 762 g/mol. The van der Waals surface area contributed by atoms with Crippen LogP contribution in [0.2, 0.25) is 0 Å². The van der Waals surface area contributed by atoms with Gasteiger partial charge in [0.2, 0.25) is 31.8 Å². The van der Waals surface area contributed by atoms with E-state index in [1.165, 1.54) is 18.0 Å². The number of aromatic nitrogens is 6. The van der Waals surface area contributed by atoms with E-state index in [1.54, 1.807) is 73.8 Å². The lowest BCUT2D eigenvalue weighted by Crippen LogP contribution is -2.46. The number of H-pyrrole nitrogens is 1. The summed E-state index contributed by atoms with van der Waals surface area (Å²) in [5.74, 6) is 0.101. The molecule has 6 rings (SSSR count). The molecule has 2 aromatic heterocycles.